The fourth-order valence-corrected chi connectivity index (χ4v) is 2.81. The first-order chi connectivity index (χ1) is 13.8. The molecule has 4 aromatic rings. The zero-order valence-electron chi connectivity index (χ0n) is 15.2. The highest BCUT2D eigenvalue weighted by molar-refractivity contribution is 5.92. The molecule has 1 aromatic carbocycles. The van der Waals surface area contributed by atoms with Crippen LogP contribution in [0.25, 0.3) is 5.65 Å². The van der Waals surface area contributed by atoms with Crippen molar-refractivity contribution in [3.63, 3.8) is 0 Å². The Labute approximate surface area is 161 Å². The van der Waals surface area contributed by atoms with Gasteiger partial charge in [-0.15, -0.1) is 10.2 Å². The highest BCUT2D eigenvalue weighted by Crippen LogP contribution is 2.09. The third kappa shape index (κ3) is 4.17. The summed E-state index contributed by atoms with van der Waals surface area (Å²) in [6, 6.07) is 16.9. The molecule has 28 heavy (non-hydrogen) atoms. The molecule has 1 N–H and O–H groups in total. The zero-order valence-corrected chi connectivity index (χ0v) is 15.2. The second-order valence-electron chi connectivity index (χ2n) is 6.23. The number of pyridine rings is 1. The number of para-hydroxylation sites is 1. The molecule has 0 bridgehead atoms. The van der Waals surface area contributed by atoms with Gasteiger partial charge in [0.25, 0.3) is 5.91 Å². The van der Waals surface area contributed by atoms with Crippen LogP contribution < -0.4 is 10.1 Å². The number of nitrogens with zero attached hydrogens (tertiary/aromatic N) is 5. The highest BCUT2D eigenvalue weighted by Gasteiger charge is 2.10. The lowest BCUT2D eigenvalue weighted by molar-refractivity contribution is 0.0946. The van der Waals surface area contributed by atoms with Crippen molar-refractivity contribution < 1.29 is 9.53 Å². The van der Waals surface area contributed by atoms with Crippen LogP contribution in [0.5, 0.6) is 5.75 Å². The van der Waals surface area contributed by atoms with Gasteiger partial charge in [-0.1, -0.05) is 24.3 Å². The molecule has 0 spiro atoms. The maximum Gasteiger partial charge on any atom is 0.271 e. The van der Waals surface area contributed by atoms with Gasteiger partial charge >= 0.3 is 0 Å². The minimum absolute atomic E-state index is 0.204. The summed E-state index contributed by atoms with van der Waals surface area (Å²) in [7, 11) is 0. The van der Waals surface area contributed by atoms with E-state index in [4.69, 9.17) is 4.74 Å². The second-order valence-corrected chi connectivity index (χ2v) is 6.23. The molecule has 3 heterocycles. The Balaban J connectivity index is 1.23. The van der Waals surface area contributed by atoms with Crippen LogP contribution in [-0.4, -0.2) is 36.8 Å². The minimum atomic E-state index is -0.204. The molecule has 0 unspecified atom stereocenters. The molecule has 0 fully saturated rings. The highest BCUT2D eigenvalue weighted by atomic mass is 16.5. The van der Waals surface area contributed by atoms with E-state index in [0.717, 1.165) is 30.1 Å². The summed E-state index contributed by atoms with van der Waals surface area (Å²) in [5.74, 6) is 1.43. The van der Waals surface area contributed by atoms with Gasteiger partial charge in [0, 0.05) is 25.4 Å². The number of carbonyl (C=O) groups excluding carboxylic acids is 1. The molecule has 0 aliphatic rings. The smallest absolute Gasteiger partial charge is 0.271 e. The number of aromatic nitrogens is 5. The summed E-state index contributed by atoms with van der Waals surface area (Å²) in [5.41, 5.74) is 1.19. The Hall–Kier alpha value is -3.68. The molecule has 4 rings (SSSR count). The number of ether oxygens (including phenoxy) is 1. The monoisotopic (exact) mass is 376 g/mol. The van der Waals surface area contributed by atoms with Crippen LogP contribution >= 0.6 is 0 Å². The molecule has 142 valence electrons. The van der Waals surface area contributed by atoms with Gasteiger partial charge in [0.2, 0.25) is 0 Å². The number of hydrogen-bond donors (Lipinski definition) is 1. The van der Waals surface area contributed by atoms with Gasteiger partial charge in [-0.25, -0.2) is 4.68 Å². The van der Waals surface area contributed by atoms with Gasteiger partial charge in [-0.05, 0) is 36.8 Å². The van der Waals surface area contributed by atoms with Gasteiger partial charge in [-0.2, -0.15) is 5.10 Å². The van der Waals surface area contributed by atoms with Crippen LogP contribution in [0.1, 0.15) is 22.7 Å². The Bertz CT molecular complexity index is 1060. The lowest BCUT2D eigenvalue weighted by Gasteiger charge is -2.05. The molecule has 3 aromatic heterocycles. The van der Waals surface area contributed by atoms with Crippen LogP contribution in [0.4, 0.5) is 0 Å². The van der Waals surface area contributed by atoms with Crippen molar-refractivity contribution in [2.45, 2.75) is 19.6 Å². The first kappa shape index (κ1) is 17.7. The van der Waals surface area contributed by atoms with Crippen LogP contribution in [0.2, 0.25) is 0 Å². The molecule has 1 amide bonds. The summed E-state index contributed by atoms with van der Waals surface area (Å²) < 4.78 is 9.16. The van der Waals surface area contributed by atoms with Crippen LogP contribution in [-0.2, 0) is 13.2 Å². The third-order valence-corrected chi connectivity index (χ3v) is 4.23. The zero-order chi connectivity index (χ0) is 19.2. The Morgan fingerprint density at radius 2 is 1.86 bits per heavy atom. The lowest BCUT2D eigenvalue weighted by atomic mass is 10.3. The Morgan fingerprint density at radius 3 is 2.75 bits per heavy atom. The SMILES string of the molecule is O=C(NCCCc1nnc2ccccn12)c1ccn(COc2ccccc2)n1. The van der Waals surface area contributed by atoms with Gasteiger partial charge in [0.1, 0.15) is 17.3 Å². The average Bonchev–Trinajstić information content (AvgIpc) is 3.38. The average molecular weight is 376 g/mol. The van der Waals surface area contributed by atoms with Crippen molar-refractivity contribution in [3.05, 3.63) is 78.5 Å². The molecule has 8 heteroatoms. The largest absolute Gasteiger partial charge is 0.471 e. The fraction of sp³-hybridized carbons (Fsp3) is 0.200. The van der Waals surface area contributed by atoms with Crippen molar-refractivity contribution in [1.82, 2.24) is 29.7 Å². The third-order valence-electron chi connectivity index (χ3n) is 4.23. The number of amides is 1. The van der Waals surface area contributed by atoms with Crippen molar-refractivity contribution >= 4 is 11.6 Å². The standard InChI is InChI=1S/C20H20N6O2/c27-20(17-11-14-25(24-17)15-28-16-7-2-1-3-8-16)21-12-6-10-19-23-22-18-9-4-5-13-26(18)19/h1-5,7-9,11,13-14H,6,10,12,15H2,(H,21,27). The summed E-state index contributed by atoms with van der Waals surface area (Å²) in [6.07, 6.45) is 5.15. The summed E-state index contributed by atoms with van der Waals surface area (Å²) in [6.45, 7) is 0.783. The molecule has 0 aliphatic heterocycles. The summed E-state index contributed by atoms with van der Waals surface area (Å²) in [5, 5.41) is 15.4. The van der Waals surface area contributed by atoms with Crippen molar-refractivity contribution in [3.8, 4) is 5.75 Å². The van der Waals surface area contributed by atoms with E-state index in [1.165, 1.54) is 0 Å². The summed E-state index contributed by atoms with van der Waals surface area (Å²) in [4.78, 5) is 12.2. The normalized spacial score (nSPS) is 10.9. The quantitative estimate of drug-likeness (QED) is 0.477. The number of aryl methyl sites for hydroxylation is 1. The first-order valence-electron chi connectivity index (χ1n) is 9.08. The van der Waals surface area contributed by atoms with E-state index in [-0.39, 0.29) is 12.6 Å². The van der Waals surface area contributed by atoms with Crippen molar-refractivity contribution in [2.24, 2.45) is 0 Å². The van der Waals surface area contributed by atoms with E-state index in [2.05, 4.69) is 20.6 Å². The first-order valence-corrected chi connectivity index (χ1v) is 9.08. The number of carbonyl (C=O) groups is 1. The van der Waals surface area contributed by atoms with E-state index in [1.807, 2.05) is 59.1 Å². The molecule has 0 atom stereocenters. The van der Waals surface area contributed by atoms with Crippen molar-refractivity contribution in [1.29, 1.82) is 0 Å². The van der Waals surface area contributed by atoms with E-state index in [0.29, 0.717) is 12.2 Å². The molecule has 0 saturated heterocycles. The lowest BCUT2D eigenvalue weighted by Crippen LogP contribution is -2.25. The summed E-state index contributed by atoms with van der Waals surface area (Å²) >= 11 is 0. The van der Waals surface area contributed by atoms with E-state index >= 15 is 0 Å². The van der Waals surface area contributed by atoms with Crippen LogP contribution in [0.3, 0.4) is 0 Å². The molecular weight excluding hydrogens is 356 g/mol. The molecule has 0 radical (unpaired) electrons. The minimum Gasteiger partial charge on any atom is -0.471 e. The molecule has 8 nitrogen and oxygen atoms in total. The Morgan fingerprint density at radius 1 is 1.00 bits per heavy atom. The molecular formula is C20H20N6O2. The van der Waals surface area contributed by atoms with Gasteiger partial charge < -0.3 is 10.1 Å². The number of hydrogen-bond acceptors (Lipinski definition) is 5. The van der Waals surface area contributed by atoms with E-state index < -0.39 is 0 Å². The topological polar surface area (TPSA) is 86.3 Å². The van der Waals surface area contributed by atoms with Gasteiger partial charge in [0.15, 0.2) is 12.4 Å². The van der Waals surface area contributed by atoms with Gasteiger partial charge in [0.05, 0.1) is 0 Å². The maximum atomic E-state index is 12.2. The van der Waals surface area contributed by atoms with E-state index in [1.54, 1.807) is 16.9 Å². The second kappa shape index (κ2) is 8.34. The number of fused-ring (bicyclic) bond motifs is 1. The van der Waals surface area contributed by atoms with Crippen LogP contribution in [0, 0.1) is 0 Å². The van der Waals surface area contributed by atoms with Gasteiger partial charge in [-0.3, -0.25) is 9.20 Å². The van der Waals surface area contributed by atoms with E-state index in [9.17, 15) is 4.79 Å². The predicted octanol–water partition coefficient (Wildman–Crippen LogP) is 2.32. The molecule has 0 saturated carbocycles. The number of benzene rings is 1. The fourth-order valence-electron chi connectivity index (χ4n) is 2.81. The Kier molecular flexibility index (Phi) is 5.28. The maximum absolute atomic E-state index is 12.2. The van der Waals surface area contributed by atoms with Crippen LogP contribution in [0.15, 0.2) is 67.0 Å². The van der Waals surface area contributed by atoms with Crippen molar-refractivity contribution in [2.75, 3.05) is 6.54 Å². The predicted molar refractivity (Wildman–Crippen MR) is 103 cm³/mol. The molecule has 0 aliphatic carbocycles. The number of rotatable bonds is 8. The number of nitrogens with one attached hydrogen (secondary N) is 1.